The Labute approximate surface area is 141 Å². The van der Waals surface area contributed by atoms with Crippen LogP contribution >= 0.6 is 0 Å². The maximum atomic E-state index is 12.0. The van der Waals surface area contributed by atoms with Gasteiger partial charge in [0.25, 0.3) is 0 Å². The van der Waals surface area contributed by atoms with Crippen molar-refractivity contribution >= 4 is 28.3 Å². The molecule has 0 spiro atoms. The van der Waals surface area contributed by atoms with Gasteiger partial charge in [0, 0.05) is 29.3 Å². The Balaban J connectivity index is 2.21. The molecule has 1 aromatic carbocycles. The van der Waals surface area contributed by atoms with Gasteiger partial charge in [0.2, 0.25) is 0 Å². The van der Waals surface area contributed by atoms with Crippen molar-refractivity contribution in [1.82, 2.24) is 9.55 Å². The third-order valence-electron chi connectivity index (χ3n) is 4.49. The van der Waals surface area contributed by atoms with Crippen molar-refractivity contribution in [1.29, 1.82) is 0 Å². The molecule has 0 aliphatic heterocycles. The van der Waals surface area contributed by atoms with Gasteiger partial charge >= 0.3 is 6.03 Å². The molecule has 24 heavy (non-hydrogen) atoms. The third-order valence-corrected chi connectivity index (χ3v) is 4.49. The summed E-state index contributed by atoms with van der Waals surface area (Å²) in [5, 5.41) is 1.17. The molecule has 0 saturated heterocycles. The molecule has 2 aromatic heterocycles. The van der Waals surface area contributed by atoms with Crippen LogP contribution in [0.5, 0.6) is 0 Å². The minimum absolute atomic E-state index is 0.521. The third kappa shape index (κ3) is 2.52. The van der Waals surface area contributed by atoms with E-state index >= 15 is 0 Å². The van der Waals surface area contributed by atoms with Gasteiger partial charge in [-0.15, -0.1) is 0 Å². The van der Waals surface area contributed by atoms with Crippen LogP contribution in [0.15, 0.2) is 42.7 Å². The number of aromatic nitrogens is 2. The maximum Gasteiger partial charge on any atom is 0.323 e. The highest BCUT2D eigenvalue weighted by Gasteiger charge is 2.18. The number of carbonyl (C=O) groups excluding carboxylic acids is 1. The lowest BCUT2D eigenvalue weighted by molar-refractivity contribution is 0.256. The number of nitrogens with two attached hydrogens (primary N) is 1. The first-order valence-corrected chi connectivity index (χ1v) is 8.19. The molecular weight excluding hydrogens is 300 g/mol. The van der Waals surface area contributed by atoms with E-state index in [1.807, 2.05) is 18.2 Å². The Morgan fingerprint density at radius 2 is 2.04 bits per heavy atom. The second-order valence-electron chi connectivity index (χ2n) is 5.75. The molecule has 0 atom stereocenters. The van der Waals surface area contributed by atoms with Crippen LogP contribution in [0.4, 0.5) is 16.2 Å². The van der Waals surface area contributed by atoms with E-state index in [0.717, 1.165) is 18.7 Å². The predicted molar refractivity (Wildman–Crippen MR) is 97.7 cm³/mol. The summed E-state index contributed by atoms with van der Waals surface area (Å²) in [4.78, 5) is 17.6. The van der Waals surface area contributed by atoms with Crippen molar-refractivity contribution in [3.63, 3.8) is 0 Å². The molecule has 3 aromatic rings. The first-order valence-electron chi connectivity index (χ1n) is 8.19. The van der Waals surface area contributed by atoms with Crippen molar-refractivity contribution < 1.29 is 4.79 Å². The summed E-state index contributed by atoms with van der Waals surface area (Å²) >= 11 is 0. The van der Waals surface area contributed by atoms with Crippen molar-refractivity contribution in [3.8, 4) is 0 Å². The van der Waals surface area contributed by atoms with Gasteiger partial charge in [0.1, 0.15) is 0 Å². The largest absolute Gasteiger partial charge is 0.351 e. The van der Waals surface area contributed by atoms with E-state index in [4.69, 9.17) is 5.73 Å². The summed E-state index contributed by atoms with van der Waals surface area (Å²) in [5.74, 6) is 0. The lowest BCUT2D eigenvalue weighted by Gasteiger charge is -2.20. The van der Waals surface area contributed by atoms with E-state index in [2.05, 4.69) is 36.4 Å². The quantitative estimate of drug-likeness (QED) is 0.784. The van der Waals surface area contributed by atoms with Crippen LogP contribution in [-0.2, 0) is 13.0 Å². The van der Waals surface area contributed by atoms with Gasteiger partial charge < -0.3 is 10.3 Å². The molecule has 2 amide bonds. The first-order chi connectivity index (χ1) is 11.6. The Kier molecular flexibility index (Phi) is 4.25. The van der Waals surface area contributed by atoms with Gasteiger partial charge in [0.15, 0.2) is 0 Å². The number of primary amides is 1. The molecular formula is C19H22N4O. The van der Waals surface area contributed by atoms with Crippen molar-refractivity contribution in [2.75, 3.05) is 4.90 Å². The summed E-state index contributed by atoms with van der Waals surface area (Å²) in [6.07, 6.45) is 4.26. The monoisotopic (exact) mass is 322 g/mol. The maximum absolute atomic E-state index is 12.0. The number of aryl methyl sites for hydroxylation is 2. The summed E-state index contributed by atoms with van der Waals surface area (Å²) in [6.45, 7) is 7.37. The lowest BCUT2D eigenvalue weighted by atomic mass is 10.1. The number of rotatable bonds is 4. The highest BCUT2D eigenvalue weighted by Crippen LogP contribution is 2.32. The second kappa shape index (κ2) is 6.35. The Morgan fingerprint density at radius 3 is 2.62 bits per heavy atom. The van der Waals surface area contributed by atoms with E-state index < -0.39 is 6.03 Å². The van der Waals surface area contributed by atoms with Crippen molar-refractivity contribution in [2.45, 2.75) is 33.7 Å². The fraction of sp³-hybridized carbons (Fsp3) is 0.263. The van der Waals surface area contributed by atoms with Crippen LogP contribution < -0.4 is 10.6 Å². The number of hydrogen-bond donors (Lipinski definition) is 1. The average molecular weight is 322 g/mol. The number of urea groups is 1. The molecule has 0 unspecified atom stereocenters. The predicted octanol–water partition coefficient (Wildman–Crippen LogP) is 4.14. The van der Waals surface area contributed by atoms with Crippen molar-refractivity contribution in [2.24, 2.45) is 5.73 Å². The Bertz CT molecular complexity index is 883. The molecule has 124 valence electrons. The minimum Gasteiger partial charge on any atom is -0.351 e. The Morgan fingerprint density at radius 1 is 1.25 bits per heavy atom. The Hall–Kier alpha value is -2.82. The van der Waals surface area contributed by atoms with E-state index in [9.17, 15) is 4.79 Å². The van der Waals surface area contributed by atoms with Crippen LogP contribution in [-0.4, -0.2) is 15.6 Å². The van der Waals surface area contributed by atoms with Crippen molar-refractivity contribution in [3.05, 3.63) is 54.0 Å². The number of nitrogens with zero attached hydrogens (tertiary/aromatic N) is 3. The molecule has 5 heteroatoms. The molecule has 0 radical (unpaired) electrons. The van der Waals surface area contributed by atoms with Gasteiger partial charge in [-0.3, -0.25) is 9.88 Å². The number of anilines is 2. The van der Waals surface area contributed by atoms with Crippen LogP contribution in [0.3, 0.4) is 0 Å². The molecule has 2 heterocycles. The molecule has 0 aliphatic rings. The molecule has 3 rings (SSSR count). The topological polar surface area (TPSA) is 64.2 Å². The summed E-state index contributed by atoms with van der Waals surface area (Å²) in [5.41, 5.74) is 10.8. The highest BCUT2D eigenvalue weighted by molar-refractivity contribution is 6.01. The number of pyridine rings is 1. The van der Waals surface area contributed by atoms with Crippen LogP contribution in [0, 0.1) is 6.92 Å². The average Bonchev–Trinajstić information content (AvgIpc) is 2.85. The van der Waals surface area contributed by atoms with E-state index in [1.165, 1.54) is 27.1 Å². The SMILES string of the molecule is CCc1c(C)n(CC)c2ccc(N(C(N)=O)c3cccnc3)cc12. The molecule has 0 saturated carbocycles. The standard InChI is InChI=1S/C19H22N4O/c1-4-16-13(3)22(5-2)18-9-8-14(11-17(16)18)23(19(20)24)15-7-6-10-21-12-15/h6-12H,4-5H2,1-3H3,(H2,20,24). The van der Waals surface area contributed by atoms with Gasteiger partial charge in [0.05, 0.1) is 17.6 Å². The van der Waals surface area contributed by atoms with E-state index in [-0.39, 0.29) is 0 Å². The number of amides is 2. The summed E-state index contributed by atoms with van der Waals surface area (Å²) in [6, 6.07) is 9.14. The van der Waals surface area contributed by atoms with Gasteiger partial charge in [-0.2, -0.15) is 0 Å². The number of fused-ring (bicyclic) bond motifs is 1. The molecule has 0 aliphatic carbocycles. The van der Waals surface area contributed by atoms with Gasteiger partial charge in [-0.05, 0) is 56.2 Å². The highest BCUT2D eigenvalue weighted by atomic mass is 16.2. The zero-order valence-electron chi connectivity index (χ0n) is 14.3. The van der Waals surface area contributed by atoms with Crippen LogP contribution in [0.1, 0.15) is 25.1 Å². The summed E-state index contributed by atoms with van der Waals surface area (Å²) < 4.78 is 2.30. The fourth-order valence-electron chi connectivity index (χ4n) is 3.42. The molecule has 2 N–H and O–H groups in total. The fourth-order valence-corrected chi connectivity index (χ4v) is 3.42. The molecule has 0 fully saturated rings. The molecule has 5 nitrogen and oxygen atoms in total. The number of hydrogen-bond acceptors (Lipinski definition) is 2. The zero-order chi connectivity index (χ0) is 17.3. The summed E-state index contributed by atoms with van der Waals surface area (Å²) in [7, 11) is 0. The number of carbonyl (C=O) groups is 1. The molecule has 0 bridgehead atoms. The first kappa shape index (κ1) is 16.1. The van der Waals surface area contributed by atoms with Crippen LogP contribution in [0.25, 0.3) is 10.9 Å². The van der Waals surface area contributed by atoms with E-state index in [1.54, 1.807) is 18.5 Å². The smallest absolute Gasteiger partial charge is 0.323 e. The van der Waals surface area contributed by atoms with Gasteiger partial charge in [-0.1, -0.05) is 6.92 Å². The van der Waals surface area contributed by atoms with Gasteiger partial charge in [-0.25, -0.2) is 4.79 Å². The van der Waals surface area contributed by atoms with E-state index in [0.29, 0.717) is 5.69 Å². The van der Waals surface area contributed by atoms with Crippen LogP contribution in [0.2, 0.25) is 0 Å². The number of benzene rings is 1. The normalized spacial score (nSPS) is 11.0. The minimum atomic E-state index is -0.521. The zero-order valence-corrected chi connectivity index (χ0v) is 14.3. The lowest BCUT2D eigenvalue weighted by Crippen LogP contribution is -2.31. The second-order valence-corrected chi connectivity index (χ2v) is 5.75.